The molecular weight excluding hydrogens is 362 g/mol. The van der Waals surface area contributed by atoms with E-state index in [0.717, 1.165) is 16.6 Å². The first-order valence-electron chi connectivity index (χ1n) is 8.38. The SMILES string of the molecule is C#CCn1c(=NC(=O)Cc2ccc([N+](=O)[O-])cc2)sc2cc(CC)ccc21. The van der Waals surface area contributed by atoms with Crippen LogP contribution >= 0.6 is 11.3 Å². The molecule has 0 fully saturated rings. The normalized spacial score (nSPS) is 11.5. The molecule has 0 spiro atoms. The van der Waals surface area contributed by atoms with Gasteiger partial charge < -0.3 is 4.57 Å². The van der Waals surface area contributed by atoms with Crippen LogP contribution in [0.1, 0.15) is 18.1 Å². The standard InChI is InChI=1S/C20H17N3O3S/c1-3-11-22-17-10-7-14(4-2)12-18(17)27-20(22)21-19(24)13-15-5-8-16(9-6-15)23(25)26/h1,5-10,12H,4,11,13H2,2H3. The van der Waals surface area contributed by atoms with Crippen LogP contribution in [0, 0.1) is 22.5 Å². The highest BCUT2D eigenvalue weighted by atomic mass is 32.1. The Morgan fingerprint density at radius 3 is 2.59 bits per heavy atom. The smallest absolute Gasteiger partial charge is 0.269 e. The van der Waals surface area contributed by atoms with E-state index < -0.39 is 4.92 Å². The Morgan fingerprint density at radius 2 is 1.96 bits per heavy atom. The van der Waals surface area contributed by atoms with Gasteiger partial charge in [-0.3, -0.25) is 14.9 Å². The van der Waals surface area contributed by atoms with Gasteiger partial charge in [0.1, 0.15) is 0 Å². The minimum absolute atomic E-state index is 0.00812. The fourth-order valence-corrected chi connectivity index (χ4v) is 3.83. The Hall–Kier alpha value is -3.24. The van der Waals surface area contributed by atoms with E-state index in [1.807, 2.05) is 16.7 Å². The summed E-state index contributed by atoms with van der Waals surface area (Å²) in [5.74, 6) is 2.28. The molecule has 2 aromatic carbocycles. The van der Waals surface area contributed by atoms with E-state index in [2.05, 4.69) is 23.9 Å². The second-order valence-corrected chi connectivity index (χ2v) is 6.95. The molecule has 0 unspecified atom stereocenters. The monoisotopic (exact) mass is 379 g/mol. The van der Waals surface area contributed by atoms with Crippen molar-refractivity contribution in [2.75, 3.05) is 0 Å². The number of thiazole rings is 1. The zero-order chi connectivity index (χ0) is 19.4. The maximum Gasteiger partial charge on any atom is 0.269 e. The van der Waals surface area contributed by atoms with Crippen molar-refractivity contribution < 1.29 is 9.72 Å². The molecule has 1 aromatic heterocycles. The molecule has 3 rings (SSSR count). The number of aryl methyl sites for hydroxylation is 1. The van der Waals surface area contributed by atoms with Gasteiger partial charge >= 0.3 is 0 Å². The lowest BCUT2D eigenvalue weighted by atomic mass is 10.1. The average Bonchev–Trinajstić information content (AvgIpc) is 2.98. The topological polar surface area (TPSA) is 77.5 Å². The van der Waals surface area contributed by atoms with Crippen molar-refractivity contribution in [3.05, 3.63) is 68.5 Å². The van der Waals surface area contributed by atoms with Crippen LogP contribution in [0.3, 0.4) is 0 Å². The summed E-state index contributed by atoms with van der Waals surface area (Å²) in [6, 6.07) is 12.0. The molecule has 0 aliphatic rings. The second kappa shape index (κ2) is 7.98. The molecular formula is C20H17N3O3S. The van der Waals surface area contributed by atoms with Gasteiger partial charge in [0.15, 0.2) is 4.80 Å². The number of aromatic nitrogens is 1. The molecule has 0 aliphatic carbocycles. The van der Waals surface area contributed by atoms with Crippen molar-refractivity contribution in [1.29, 1.82) is 0 Å². The number of benzene rings is 2. The van der Waals surface area contributed by atoms with Crippen LogP contribution < -0.4 is 4.80 Å². The van der Waals surface area contributed by atoms with Crippen LogP contribution in [0.5, 0.6) is 0 Å². The van der Waals surface area contributed by atoms with E-state index in [1.165, 1.54) is 29.0 Å². The summed E-state index contributed by atoms with van der Waals surface area (Å²) in [6.07, 6.45) is 6.48. The highest BCUT2D eigenvalue weighted by molar-refractivity contribution is 7.16. The van der Waals surface area contributed by atoms with Crippen LogP contribution in [0.2, 0.25) is 0 Å². The number of carbonyl (C=O) groups excluding carboxylic acids is 1. The van der Waals surface area contributed by atoms with Crippen LogP contribution in [-0.2, 0) is 24.2 Å². The number of nitro benzene ring substituents is 1. The lowest BCUT2D eigenvalue weighted by molar-refractivity contribution is -0.384. The summed E-state index contributed by atoms with van der Waals surface area (Å²) in [4.78, 5) is 27.4. The number of hydrogen-bond donors (Lipinski definition) is 0. The predicted octanol–water partition coefficient (Wildman–Crippen LogP) is 3.48. The minimum atomic E-state index is -0.472. The molecule has 3 aromatic rings. The third kappa shape index (κ3) is 4.13. The van der Waals surface area contributed by atoms with Gasteiger partial charge in [0.25, 0.3) is 11.6 Å². The number of non-ortho nitro benzene ring substituents is 1. The van der Waals surface area contributed by atoms with Gasteiger partial charge in [-0.25, -0.2) is 0 Å². The van der Waals surface area contributed by atoms with E-state index in [1.54, 1.807) is 12.1 Å². The Morgan fingerprint density at radius 1 is 1.26 bits per heavy atom. The molecule has 0 saturated heterocycles. The molecule has 6 nitrogen and oxygen atoms in total. The fourth-order valence-electron chi connectivity index (χ4n) is 2.72. The summed E-state index contributed by atoms with van der Waals surface area (Å²) < 4.78 is 2.89. The number of rotatable bonds is 5. The van der Waals surface area contributed by atoms with Crippen molar-refractivity contribution in [2.24, 2.45) is 4.99 Å². The lowest BCUT2D eigenvalue weighted by Gasteiger charge is -2.01. The largest absolute Gasteiger partial charge is 0.305 e. The van der Waals surface area contributed by atoms with E-state index in [9.17, 15) is 14.9 Å². The zero-order valence-corrected chi connectivity index (χ0v) is 15.5. The van der Waals surface area contributed by atoms with Gasteiger partial charge in [-0.1, -0.05) is 42.4 Å². The second-order valence-electron chi connectivity index (χ2n) is 5.94. The molecule has 7 heteroatoms. The number of nitrogens with zero attached hydrogens (tertiary/aromatic N) is 3. The number of hydrogen-bond acceptors (Lipinski definition) is 4. The van der Waals surface area contributed by atoms with Gasteiger partial charge in [0.05, 0.1) is 28.1 Å². The Balaban J connectivity index is 1.93. The third-order valence-electron chi connectivity index (χ3n) is 4.13. The average molecular weight is 379 g/mol. The number of amides is 1. The molecule has 1 heterocycles. The van der Waals surface area contributed by atoms with E-state index >= 15 is 0 Å². The van der Waals surface area contributed by atoms with E-state index in [4.69, 9.17) is 6.42 Å². The van der Waals surface area contributed by atoms with Crippen molar-refractivity contribution in [3.8, 4) is 12.3 Å². The van der Waals surface area contributed by atoms with Gasteiger partial charge in [-0.2, -0.15) is 4.99 Å². The summed E-state index contributed by atoms with van der Waals surface area (Å²) in [7, 11) is 0. The highest BCUT2D eigenvalue weighted by Gasteiger charge is 2.10. The maximum atomic E-state index is 12.4. The first-order chi connectivity index (χ1) is 13.0. The quantitative estimate of drug-likeness (QED) is 0.387. The summed E-state index contributed by atoms with van der Waals surface area (Å²) in [6.45, 7) is 2.42. The number of terminal acetylenes is 1. The minimum Gasteiger partial charge on any atom is -0.305 e. The first-order valence-corrected chi connectivity index (χ1v) is 9.20. The molecule has 0 saturated carbocycles. The molecule has 0 radical (unpaired) electrons. The number of fused-ring (bicyclic) bond motifs is 1. The van der Waals surface area contributed by atoms with Crippen molar-refractivity contribution in [2.45, 2.75) is 26.3 Å². The van der Waals surface area contributed by atoms with Crippen LogP contribution in [-0.4, -0.2) is 15.4 Å². The van der Waals surface area contributed by atoms with E-state index in [0.29, 0.717) is 16.9 Å². The van der Waals surface area contributed by atoms with Crippen molar-refractivity contribution >= 4 is 33.1 Å². The maximum absolute atomic E-state index is 12.4. The fraction of sp³-hybridized carbons (Fsp3) is 0.200. The van der Waals surface area contributed by atoms with E-state index in [-0.39, 0.29) is 18.0 Å². The highest BCUT2D eigenvalue weighted by Crippen LogP contribution is 2.20. The molecule has 0 bridgehead atoms. The molecule has 0 N–H and O–H groups in total. The van der Waals surface area contributed by atoms with Crippen LogP contribution in [0.4, 0.5) is 5.69 Å². The summed E-state index contributed by atoms with van der Waals surface area (Å²) in [5.41, 5.74) is 2.83. The molecule has 136 valence electrons. The number of nitro groups is 1. The van der Waals surface area contributed by atoms with Crippen molar-refractivity contribution in [1.82, 2.24) is 4.57 Å². The zero-order valence-electron chi connectivity index (χ0n) is 14.7. The Kier molecular flexibility index (Phi) is 5.48. The lowest BCUT2D eigenvalue weighted by Crippen LogP contribution is -2.17. The first kappa shape index (κ1) is 18.5. The summed E-state index contributed by atoms with van der Waals surface area (Å²) >= 11 is 1.43. The van der Waals surface area contributed by atoms with Gasteiger partial charge in [-0.15, -0.1) is 6.42 Å². The van der Waals surface area contributed by atoms with Gasteiger partial charge in [0, 0.05) is 12.1 Å². The molecule has 27 heavy (non-hydrogen) atoms. The third-order valence-corrected chi connectivity index (χ3v) is 5.17. The Labute approximate surface area is 160 Å². The number of carbonyl (C=O) groups is 1. The molecule has 0 aliphatic heterocycles. The predicted molar refractivity (Wildman–Crippen MR) is 105 cm³/mol. The molecule has 0 atom stereocenters. The van der Waals surface area contributed by atoms with Crippen LogP contribution in [0.15, 0.2) is 47.5 Å². The van der Waals surface area contributed by atoms with Gasteiger partial charge in [0.2, 0.25) is 0 Å². The Bertz CT molecular complexity index is 1120. The van der Waals surface area contributed by atoms with Crippen LogP contribution in [0.25, 0.3) is 10.2 Å². The van der Waals surface area contributed by atoms with Crippen molar-refractivity contribution in [3.63, 3.8) is 0 Å². The van der Waals surface area contributed by atoms with Gasteiger partial charge in [-0.05, 0) is 29.7 Å². The summed E-state index contributed by atoms with van der Waals surface area (Å²) in [5, 5.41) is 10.7. The molecule has 1 amide bonds.